The number of ether oxygens (including phenoxy) is 1. The molecule has 3 aromatic rings. The highest BCUT2D eigenvalue weighted by Crippen LogP contribution is 2.38. The van der Waals surface area contributed by atoms with Crippen LogP contribution < -0.4 is 9.64 Å². The summed E-state index contributed by atoms with van der Waals surface area (Å²) in [6.45, 7) is 0.480. The second-order valence-electron chi connectivity index (χ2n) is 6.56. The normalized spacial score (nSPS) is 15.1. The van der Waals surface area contributed by atoms with Crippen LogP contribution >= 0.6 is 69.2 Å². The molecule has 0 saturated carbocycles. The summed E-state index contributed by atoms with van der Waals surface area (Å²) in [5.41, 5.74) is 2.12. The zero-order chi connectivity index (χ0) is 22.0. The Kier molecular flexibility index (Phi) is 7.29. The van der Waals surface area contributed by atoms with Crippen molar-refractivity contribution < 1.29 is 13.9 Å². The first kappa shape index (κ1) is 22.7. The second-order valence-corrected chi connectivity index (χ2v) is 10.6. The van der Waals surface area contributed by atoms with E-state index in [-0.39, 0.29) is 11.6 Å². The van der Waals surface area contributed by atoms with Crippen molar-refractivity contribution in [1.29, 1.82) is 0 Å². The van der Waals surface area contributed by atoms with E-state index in [0.29, 0.717) is 15.8 Å². The quantitative estimate of drug-likeness (QED) is 0.166. The lowest BCUT2D eigenvalue weighted by Crippen LogP contribution is -2.28. The SMILES string of the molecule is O=C1/C(=C/c2cc(I)c(OCc3ccccc3)c(I)c2)SC(=S)N1c1ccccc1F. The predicted molar refractivity (Wildman–Crippen MR) is 145 cm³/mol. The summed E-state index contributed by atoms with van der Waals surface area (Å²) in [7, 11) is 0. The third-order valence-corrected chi connectivity index (χ3v) is 7.34. The summed E-state index contributed by atoms with van der Waals surface area (Å²) >= 11 is 11.0. The van der Waals surface area contributed by atoms with Gasteiger partial charge in [-0.2, -0.15) is 0 Å². The summed E-state index contributed by atoms with van der Waals surface area (Å²) in [5.74, 6) is -0.000284. The first-order chi connectivity index (χ1) is 14.9. The molecule has 3 nitrogen and oxygen atoms in total. The van der Waals surface area contributed by atoms with Crippen LogP contribution in [0.15, 0.2) is 71.6 Å². The van der Waals surface area contributed by atoms with Gasteiger partial charge in [0, 0.05) is 0 Å². The van der Waals surface area contributed by atoms with Gasteiger partial charge < -0.3 is 4.74 Å². The van der Waals surface area contributed by atoms with E-state index in [1.807, 2.05) is 42.5 Å². The van der Waals surface area contributed by atoms with E-state index in [9.17, 15) is 9.18 Å². The van der Waals surface area contributed by atoms with Gasteiger partial charge in [0.25, 0.3) is 5.91 Å². The van der Waals surface area contributed by atoms with E-state index in [4.69, 9.17) is 17.0 Å². The summed E-state index contributed by atoms with van der Waals surface area (Å²) in [6.07, 6.45) is 1.78. The van der Waals surface area contributed by atoms with Gasteiger partial charge in [0.1, 0.15) is 18.2 Å². The molecule has 1 fully saturated rings. The molecule has 1 amide bonds. The largest absolute Gasteiger partial charge is 0.487 e. The van der Waals surface area contributed by atoms with Gasteiger partial charge in [-0.25, -0.2) is 4.39 Å². The Morgan fingerprint density at radius 2 is 1.68 bits per heavy atom. The van der Waals surface area contributed by atoms with Crippen LogP contribution in [0.2, 0.25) is 0 Å². The van der Waals surface area contributed by atoms with Gasteiger partial charge in [-0.1, -0.05) is 66.4 Å². The van der Waals surface area contributed by atoms with Crippen molar-refractivity contribution in [2.45, 2.75) is 6.61 Å². The monoisotopic (exact) mass is 673 g/mol. The Labute approximate surface area is 216 Å². The van der Waals surface area contributed by atoms with Gasteiger partial charge in [0.15, 0.2) is 4.32 Å². The Bertz CT molecular complexity index is 1180. The molecule has 0 N–H and O–H groups in total. The highest BCUT2D eigenvalue weighted by Gasteiger charge is 2.34. The predicted octanol–water partition coefficient (Wildman–Crippen LogP) is 7.02. The Morgan fingerprint density at radius 1 is 1.03 bits per heavy atom. The summed E-state index contributed by atoms with van der Waals surface area (Å²) < 4.78 is 22.4. The number of carbonyl (C=O) groups is 1. The number of amides is 1. The number of anilines is 1. The minimum atomic E-state index is -0.482. The van der Waals surface area contributed by atoms with Crippen LogP contribution in [0.5, 0.6) is 5.75 Å². The van der Waals surface area contributed by atoms with Crippen molar-refractivity contribution in [3.63, 3.8) is 0 Å². The van der Waals surface area contributed by atoms with E-state index >= 15 is 0 Å². The minimum absolute atomic E-state index is 0.169. The molecule has 156 valence electrons. The van der Waals surface area contributed by atoms with Crippen molar-refractivity contribution in [2.24, 2.45) is 0 Å². The van der Waals surface area contributed by atoms with E-state index in [0.717, 1.165) is 24.0 Å². The van der Waals surface area contributed by atoms with Gasteiger partial charge >= 0.3 is 0 Å². The molecule has 4 rings (SSSR count). The number of thioether (sulfide) groups is 1. The molecule has 0 spiro atoms. The molecule has 8 heteroatoms. The molecule has 0 radical (unpaired) electrons. The van der Waals surface area contributed by atoms with Gasteiger partial charge in [-0.15, -0.1) is 0 Å². The first-order valence-corrected chi connectivity index (χ1v) is 12.5. The number of halogens is 3. The fraction of sp³-hybridized carbons (Fsp3) is 0.0435. The molecule has 0 unspecified atom stereocenters. The number of hydrogen-bond donors (Lipinski definition) is 0. The highest BCUT2D eigenvalue weighted by molar-refractivity contribution is 14.1. The Balaban J connectivity index is 1.57. The number of hydrogen-bond acceptors (Lipinski definition) is 4. The van der Waals surface area contributed by atoms with Crippen molar-refractivity contribution in [1.82, 2.24) is 0 Å². The molecule has 3 aromatic carbocycles. The average Bonchev–Trinajstić information content (AvgIpc) is 3.01. The number of para-hydroxylation sites is 1. The lowest BCUT2D eigenvalue weighted by Gasteiger charge is -2.15. The molecule has 0 aliphatic carbocycles. The summed E-state index contributed by atoms with van der Waals surface area (Å²) in [5, 5.41) is 0. The Morgan fingerprint density at radius 3 is 2.35 bits per heavy atom. The minimum Gasteiger partial charge on any atom is -0.487 e. The topological polar surface area (TPSA) is 29.5 Å². The molecule has 1 heterocycles. The van der Waals surface area contributed by atoms with Crippen LogP contribution in [0.3, 0.4) is 0 Å². The third kappa shape index (κ3) is 5.12. The smallest absolute Gasteiger partial charge is 0.270 e. The molecule has 0 aromatic heterocycles. The first-order valence-electron chi connectivity index (χ1n) is 9.12. The fourth-order valence-corrected chi connectivity index (χ4v) is 6.40. The van der Waals surface area contributed by atoms with Crippen molar-refractivity contribution in [3.8, 4) is 5.75 Å². The third-order valence-electron chi connectivity index (χ3n) is 4.43. The van der Waals surface area contributed by atoms with Crippen LogP contribution in [-0.4, -0.2) is 10.2 Å². The molecule has 1 saturated heterocycles. The fourth-order valence-electron chi connectivity index (χ4n) is 2.99. The van der Waals surface area contributed by atoms with Gasteiger partial charge in [-0.3, -0.25) is 9.69 Å². The average molecular weight is 673 g/mol. The molecule has 1 aliphatic heterocycles. The van der Waals surface area contributed by atoms with E-state index in [1.54, 1.807) is 24.3 Å². The maximum atomic E-state index is 14.2. The Hall–Kier alpha value is -1.50. The maximum absolute atomic E-state index is 14.2. The standard InChI is InChI=1S/C23H14FI2NO2S2/c24-16-8-4-5-9-19(16)27-22(28)20(31-23(27)30)12-15-10-17(25)21(18(26)11-15)29-13-14-6-2-1-3-7-14/h1-12H,13H2/b20-12-. The highest BCUT2D eigenvalue weighted by atomic mass is 127. The van der Waals surface area contributed by atoms with Crippen LogP contribution in [-0.2, 0) is 11.4 Å². The lowest BCUT2D eigenvalue weighted by molar-refractivity contribution is -0.113. The van der Waals surface area contributed by atoms with Crippen LogP contribution in [0, 0.1) is 13.0 Å². The number of benzene rings is 3. The zero-order valence-corrected chi connectivity index (χ0v) is 21.8. The molecule has 0 atom stereocenters. The van der Waals surface area contributed by atoms with Crippen molar-refractivity contribution in [2.75, 3.05) is 4.90 Å². The molecule has 0 bridgehead atoms. The number of thiocarbonyl (C=S) groups is 1. The molecule has 1 aliphatic rings. The van der Waals surface area contributed by atoms with Crippen molar-refractivity contribution >= 4 is 91.2 Å². The van der Waals surface area contributed by atoms with E-state index in [2.05, 4.69) is 45.2 Å². The summed E-state index contributed by atoms with van der Waals surface area (Å²) in [4.78, 5) is 14.6. The number of rotatable bonds is 5. The molecular formula is C23H14FI2NO2S2. The van der Waals surface area contributed by atoms with Gasteiger partial charge in [0.05, 0.1) is 17.7 Å². The summed E-state index contributed by atoms with van der Waals surface area (Å²) in [6, 6.07) is 20.0. The van der Waals surface area contributed by atoms with Crippen LogP contribution in [0.4, 0.5) is 10.1 Å². The zero-order valence-electron chi connectivity index (χ0n) is 15.8. The van der Waals surface area contributed by atoms with E-state index < -0.39 is 5.82 Å². The lowest BCUT2D eigenvalue weighted by atomic mass is 10.2. The van der Waals surface area contributed by atoms with Crippen LogP contribution in [0.25, 0.3) is 6.08 Å². The second kappa shape index (κ2) is 9.97. The van der Waals surface area contributed by atoms with Crippen molar-refractivity contribution in [3.05, 3.63) is 95.7 Å². The van der Waals surface area contributed by atoms with Crippen LogP contribution in [0.1, 0.15) is 11.1 Å². The van der Waals surface area contributed by atoms with Gasteiger partial charge in [0.2, 0.25) is 0 Å². The molecule has 31 heavy (non-hydrogen) atoms. The number of carbonyl (C=O) groups excluding carboxylic acids is 1. The molecular weight excluding hydrogens is 659 g/mol. The maximum Gasteiger partial charge on any atom is 0.270 e. The van der Waals surface area contributed by atoms with E-state index in [1.165, 1.54) is 22.7 Å². The van der Waals surface area contributed by atoms with Gasteiger partial charge in [-0.05, 0) is 86.7 Å². The number of nitrogens with zero attached hydrogens (tertiary/aromatic N) is 1.